The molecule has 0 saturated carbocycles. The van der Waals surface area contributed by atoms with Gasteiger partial charge in [-0.25, -0.2) is 0 Å². The summed E-state index contributed by atoms with van der Waals surface area (Å²) in [5.41, 5.74) is 1.52. The lowest BCUT2D eigenvalue weighted by molar-refractivity contribution is 0.244. The van der Waals surface area contributed by atoms with Crippen LogP contribution in [0.3, 0.4) is 0 Å². The van der Waals surface area contributed by atoms with Gasteiger partial charge in [0.1, 0.15) is 0 Å². The van der Waals surface area contributed by atoms with E-state index in [4.69, 9.17) is 5.11 Å². The molecule has 0 spiro atoms. The fourth-order valence-corrected chi connectivity index (χ4v) is 3.94. The third-order valence-electron chi connectivity index (χ3n) is 3.87. The molecule has 3 atom stereocenters. The SMILES string of the molecule is OC[C@H]1C=C[C@@H](N[C@H]2CCCc3sccc32)C1. The second-order valence-electron chi connectivity index (χ2n) is 5.08. The number of aliphatic hydroxyl groups is 1. The molecule has 0 fully saturated rings. The van der Waals surface area contributed by atoms with E-state index in [-0.39, 0.29) is 6.61 Å². The van der Waals surface area contributed by atoms with Crippen LogP contribution in [0.5, 0.6) is 0 Å². The highest BCUT2D eigenvalue weighted by atomic mass is 32.1. The van der Waals surface area contributed by atoms with Gasteiger partial charge in [-0.3, -0.25) is 0 Å². The predicted molar refractivity (Wildman–Crippen MR) is 71.3 cm³/mol. The van der Waals surface area contributed by atoms with Gasteiger partial charge in [0.25, 0.3) is 0 Å². The molecular formula is C14H19NOS. The van der Waals surface area contributed by atoms with E-state index in [1.54, 1.807) is 4.88 Å². The zero-order chi connectivity index (χ0) is 11.7. The van der Waals surface area contributed by atoms with Crippen molar-refractivity contribution in [3.05, 3.63) is 34.0 Å². The fourth-order valence-electron chi connectivity index (χ4n) is 2.95. The Kier molecular flexibility index (Phi) is 3.32. The maximum atomic E-state index is 9.14. The molecule has 1 heterocycles. The summed E-state index contributed by atoms with van der Waals surface area (Å²) in [4.78, 5) is 1.56. The molecule has 0 aliphatic heterocycles. The Balaban J connectivity index is 1.66. The summed E-state index contributed by atoms with van der Waals surface area (Å²) in [6, 6.07) is 3.25. The van der Waals surface area contributed by atoms with E-state index in [2.05, 4.69) is 28.9 Å². The minimum absolute atomic E-state index is 0.281. The number of nitrogens with one attached hydrogen (secondary N) is 1. The third-order valence-corrected chi connectivity index (χ3v) is 4.87. The predicted octanol–water partition coefficient (Wildman–Crippen LogP) is 2.65. The fraction of sp³-hybridized carbons (Fsp3) is 0.571. The van der Waals surface area contributed by atoms with Crippen molar-refractivity contribution in [1.29, 1.82) is 0 Å². The molecule has 0 bridgehead atoms. The molecule has 1 aromatic rings. The van der Waals surface area contributed by atoms with Gasteiger partial charge in [0.2, 0.25) is 0 Å². The largest absolute Gasteiger partial charge is 0.396 e. The first kappa shape index (κ1) is 11.5. The lowest BCUT2D eigenvalue weighted by Gasteiger charge is -2.26. The highest BCUT2D eigenvalue weighted by Crippen LogP contribution is 2.34. The van der Waals surface area contributed by atoms with Gasteiger partial charge < -0.3 is 10.4 Å². The van der Waals surface area contributed by atoms with Gasteiger partial charge in [-0.05, 0) is 42.7 Å². The van der Waals surface area contributed by atoms with Crippen molar-refractivity contribution in [2.24, 2.45) is 5.92 Å². The van der Waals surface area contributed by atoms with Crippen molar-refractivity contribution in [2.45, 2.75) is 37.8 Å². The molecular weight excluding hydrogens is 230 g/mol. The molecule has 1 aromatic heterocycles. The molecule has 2 aliphatic carbocycles. The Morgan fingerprint density at radius 1 is 1.41 bits per heavy atom. The average Bonchev–Trinajstić information content (AvgIpc) is 2.97. The Labute approximate surface area is 106 Å². The van der Waals surface area contributed by atoms with Crippen LogP contribution in [0, 0.1) is 5.92 Å². The van der Waals surface area contributed by atoms with Gasteiger partial charge >= 0.3 is 0 Å². The van der Waals surface area contributed by atoms with E-state index >= 15 is 0 Å². The summed E-state index contributed by atoms with van der Waals surface area (Å²) in [5.74, 6) is 0.359. The summed E-state index contributed by atoms with van der Waals surface area (Å²) in [5, 5.41) is 15.1. The van der Waals surface area contributed by atoms with Crippen LogP contribution in [0.25, 0.3) is 0 Å². The Morgan fingerprint density at radius 2 is 2.35 bits per heavy atom. The molecule has 2 N–H and O–H groups in total. The first-order valence-corrected chi connectivity index (χ1v) is 7.36. The standard InChI is InChI=1S/C14H19NOS/c16-9-10-4-5-11(8-10)15-13-2-1-3-14-12(13)6-7-17-14/h4-7,10-11,13,15-16H,1-3,8-9H2/t10-,11+,13-/m0/s1. The van der Waals surface area contributed by atoms with E-state index in [9.17, 15) is 0 Å². The molecule has 0 aromatic carbocycles. The third kappa shape index (κ3) is 2.32. The number of thiophene rings is 1. The molecule has 0 amide bonds. The molecule has 0 unspecified atom stereocenters. The molecule has 17 heavy (non-hydrogen) atoms. The molecule has 3 rings (SSSR count). The number of rotatable bonds is 3. The zero-order valence-electron chi connectivity index (χ0n) is 9.93. The molecule has 92 valence electrons. The maximum Gasteiger partial charge on any atom is 0.0494 e. The normalized spacial score (nSPS) is 31.7. The summed E-state index contributed by atoms with van der Waals surface area (Å²) in [6.07, 6.45) is 9.22. The lowest BCUT2D eigenvalue weighted by Crippen LogP contribution is -2.32. The monoisotopic (exact) mass is 249 g/mol. The van der Waals surface area contributed by atoms with Crippen molar-refractivity contribution in [3.8, 4) is 0 Å². The molecule has 0 radical (unpaired) electrons. The number of fused-ring (bicyclic) bond motifs is 1. The van der Waals surface area contributed by atoms with Crippen LogP contribution < -0.4 is 5.32 Å². The summed E-state index contributed by atoms with van der Waals surface area (Å²) >= 11 is 1.89. The van der Waals surface area contributed by atoms with Gasteiger partial charge in [-0.15, -0.1) is 11.3 Å². The van der Waals surface area contributed by atoms with Crippen LogP contribution in [0.4, 0.5) is 0 Å². The number of hydrogen-bond acceptors (Lipinski definition) is 3. The van der Waals surface area contributed by atoms with Gasteiger partial charge in [0.15, 0.2) is 0 Å². The number of aryl methyl sites for hydroxylation is 1. The molecule has 2 aliphatic rings. The van der Waals surface area contributed by atoms with Crippen LogP contribution in [-0.2, 0) is 6.42 Å². The second-order valence-corrected chi connectivity index (χ2v) is 6.08. The van der Waals surface area contributed by atoms with Gasteiger partial charge in [-0.2, -0.15) is 0 Å². The van der Waals surface area contributed by atoms with E-state index < -0.39 is 0 Å². The van der Waals surface area contributed by atoms with Crippen LogP contribution >= 0.6 is 11.3 Å². The Hall–Kier alpha value is -0.640. The van der Waals surface area contributed by atoms with Crippen molar-refractivity contribution in [1.82, 2.24) is 5.32 Å². The molecule has 0 saturated heterocycles. The van der Waals surface area contributed by atoms with E-state index in [0.717, 1.165) is 6.42 Å². The van der Waals surface area contributed by atoms with Gasteiger partial charge in [0.05, 0.1) is 0 Å². The molecule has 2 nitrogen and oxygen atoms in total. The van der Waals surface area contributed by atoms with E-state index in [1.807, 2.05) is 11.3 Å². The van der Waals surface area contributed by atoms with Crippen LogP contribution in [0.2, 0.25) is 0 Å². The minimum Gasteiger partial charge on any atom is -0.396 e. The van der Waals surface area contributed by atoms with Crippen molar-refractivity contribution in [2.75, 3.05) is 6.61 Å². The van der Waals surface area contributed by atoms with Crippen LogP contribution in [0.15, 0.2) is 23.6 Å². The minimum atomic E-state index is 0.281. The average molecular weight is 249 g/mol. The van der Waals surface area contributed by atoms with Crippen molar-refractivity contribution in [3.63, 3.8) is 0 Å². The smallest absolute Gasteiger partial charge is 0.0494 e. The zero-order valence-corrected chi connectivity index (χ0v) is 10.7. The Morgan fingerprint density at radius 3 is 3.18 bits per heavy atom. The number of hydrogen-bond donors (Lipinski definition) is 2. The van der Waals surface area contributed by atoms with E-state index in [0.29, 0.717) is 18.0 Å². The summed E-state index contributed by atoms with van der Waals surface area (Å²) in [7, 11) is 0. The second kappa shape index (κ2) is 4.92. The first-order chi connectivity index (χ1) is 8.36. The highest BCUT2D eigenvalue weighted by Gasteiger charge is 2.25. The maximum absolute atomic E-state index is 9.14. The van der Waals surface area contributed by atoms with E-state index in [1.165, 1.54) is 24.8 Å². The van der Waals surface area contributed by atoms with Crippen molar-refractivity contribution >= 4 is 11.3 Å². The van der Waals surface area contributed by atoms with Gasteiger partial charge in [0, 0.05) is 29.5 Å². The Bertz CT molecular complexity index is 412. The first-order valence-electron chi connectivity index (χ1n) is 6.48. The quantitative estimate of drug-likeness (QED) is 0.807. The topological polar surface area (TPSA) is 32.3 Å². The summed E-state index contributed by atoms with van der Waals surface area (Å²) in [6.45, 7) is 0.281. The highest BCUT2D eigenvalue weighted by molar-refractivity contribution is 7.10. The van der Waals surface area contributed by atoms with Crippen LogP contribution in [0.1, 0.15) is 35.7 Å². The van der Waals surface area contributed by atoms with Crippen molar-refractivity contribution < 1.29 is 5.11 Å². The number of aliphatic hydroxyl groups excluding tert-OH is 1. The summed E-state index contributed by atoms with van der Waals surface area (Å²) < 4.78 is 0. The van der Waals surface area contributed by atoms with Crippen LogP contribution in [-0.4, -0.2) is 17.8 Å². The lowest BCUT2D eigenvalue weighted by atomic mass is 9.93. The van der Waals surface area contributed by atoms with Gasteiger partial charge in [-0.1, -0.05) is 12.2 Å². The molecule has 3 heteroatoms.